The molecular weight excluding hydrogens is 584 g/mol. The standard InChI is InChI=1S/C26H32ClF6N3O3S/c1-22(2)20(19(37)5-4-8-26(31,32)33)34-21(35-22)24-13-25(14-24,15-24)36(40(38,39)10-9-23(3,29)30)12-16-6-7-17(27)18(28)11-16/h6-7,11,20H,4-5,8-10,12-15H2,1-3H3,(H,34,35)/t20-,24?,25?/m0/s1. The summed E-state index contributed by atoms with van der Waals surface area (Å²) in [6.45, 7) is 3.87. The number of rotatable bonds is 12. The number of hydrogen-bond donors (Lipinski definition) is 1. The Kier molecular flexibility index (Phi) is 7.89. The van der Waals surface area contributed by atoms with Crippen molar-refractivity contribution in [3.8, 4) is 0 Å². The molecule has 0 spiro atoms. The number of hydrogen-bond acceptors (Lipinski definition) is 5. The van der Waals surface area contributed by atoms with Gasteiger partial charge in [0.1, 0.15) is 17.7 Å². The normalized spacial score (nSPS) is 27.6. The second kappa shape index (κ2) is 10.1. The Morgan fingerprint density at radius 2 is 1.77 bits per heavy atom. The van der Waals surface area contributed by atoms with E-state index < -0.39 is 74.9 Å². The molecule has 0 amide bonds. The van der Waals surface area contributed by atoms with E-state index in [1.165, 1.54) is 16.4 Å². The van der Waals surface area contributed by atoms with Crippen LogP contribution in [0.4, 0.5) is 26.3 Å². The van der Waals surface area contributed by atoms with Gasteiger partial charge in [-0.3, -0.25) is 9.79 Å². The molecule has 0 unspecified atom stereocenters. The van der Waals surface area contributed by atoms with Crippen LogP contribution in [0.15, 0.2) is 23.2 Å². The highest BCUT2D eigenvalue weighted by atomic mass is 35.5. The van der Waals surface area contributed by atoms with Crippen LogP contribution in [0.3, 0.4) is 0 Å². The van der Waals surface area contributed by atoms with E-state index in [0.717, 1.165) is 6.07 Å². The summed E-state index contributed by atoms with van der Waals surface area (Å²) in [5.74, 6) is -4.62. The number of Topliss-reactive ketones (excluding diaryl/α,β-unsaturated/α-hetero) is 1. The molecule has 1 atom stereocenters. The van der Waals surface area contributed by atoms with Crippen molar-refractivity contribution in [2.45, 2.75) is 101 Å². The summed E-state index contributed by atoms with van der Waals surface area (Å²) >= 11 is 5.75. The third kappa shape index (κ3) is 6.30. The van der Waals surface area contributed by atoms with E-state index in [1.807, 2.05) is 0 Å². The summed E-state index contributed by atoms with van der Waals surface area (Å²) in [4.78, 5) is 17.3. The number of alkyl halides is 5. The molecule has 14 heteroatoms. The van der Waals surface area contributed by atoms with Gasteiger partial charge in [-0.15, -0.1) is 0 Å². The molecule has 3 saturated carbocycles. The Morgan fingerprint density at radius 1 is 1.15 bits per heavy atom. The van der Waals surface area contributed by atoms with Crippen molar-refractivity contribution in [1.82, 2.24) is 9.62 Å². The van der Waals surface area contributed by atoms with Crippen LogP contribution in [0.2, 0.25) is 5.02 Å². The van der Waals surface area contributed by atoms with Gasteiger partial charge in [-0.2, -0.15) is 17.5 Å². The number of nitrogens with one attached hydrogen (secondary N) is 1. The lowest BCUT2D eigenvalue weighted by molar-refractivity contribution is -0.151. The SMILES string of the molecule is CC(F)(F)CCS(=O)(=O)N(Cc1ccc(Cl)c(F)c1)C12CC(C3=N[C@@H](C(=O)CCCC(F)(F)F)C(C)(C)N3)(C1)C2. The predicted octanol–water partition coefficient (Wildman–Crippen LogP) is 6.03. The van der Waals surface area contributed by atoms with Crippen LogP contribution in [0.1, 0.15) is 71.3 Å². The Morgan fingerprint density at radius 3 is 2.33 bits per heavy atom. The van der Waals surface area contributed by atoms with Crippen LogP contribution >= 0.6 is 11.6 Å². The highest BCUT2D eigenvalue weighted by molar-refractivity contribution is 7.89. The van der Waals surface area contributed by atoms with Gasteiger partial charge >= 0.3 is 6.18 Å². The minimum Gasteiger partial charge on any atom is -0.366 e. The zero-order chi connectivity index (χ0) is 29.9. The van der Waals surface area contributed by atoms with Crippen LogP contribution in [0, 0.1) is 11.2 Å². The molecule has 1 aliphatic heterocycles. The second-order valence-electron chi connectivity index (χ2n) is 12.1. The Bertz CT molecular complexity index is 1290. The van der Waals surface area contributed by atoms with Crippen LogP contribution < -0.4 is 5.32 Å². The molecule has 3 fully saturated rings. The van der Waals surface area contributed by atoms with E-state index in [-0.39, 0.29) is 24.4 Å². The molecule has 5 rings (SSSR count). The number of aliphatic imine (C=N–C) groups is 1. The van der Waals surface area contributed by atoms with Gasteiger partial charge in [0.2, 0.25) is 15.9 Å². The number of nitrogens with zero attached hydrogens (tertiary/aromatic N) is 2. The fourth-order valence-electron chi connectivity index (χ4n) is 6.07. The lowest BCUT2D eigenvalue weighted by atomic mass is 9.38. The Balaban J connectivity index is 1.51. The van der Waals surface area contributed by atoms with Gasteiger partial charge in [-0.1, -0.05) is 17.7 Å². The van der Waals surface area contributed by atoms with E-state index in [0.29, 0.717) is 37.6 Å². The monoisotopic (exact) mass is 615 g/mol. The quantitative estimate of drug-likeness (QED) is 0.291. The minimum absolute atomic E-state index is 0.135. The molecule has 224 valence electrons. The van der Waals surface area contributed by atoms with Gasteiger partial charge in [0, 0.05) is 36.8 Å². The average Bonchev–Trinajstić information content (AvgIpc) is 3.06. The number of halogens is 7. The van der Waals surface area contributed by atoms with Gasteiger partial charge in [-0.05, 0) is 64.2 Å². The summed E-state index contributed by atoms with van der Waals surface area (Å²) in [5.41, 5.74) is -1.98. The maximum atomic E-state index is 14.1. The topological polar surface area (TPSA) is 78.8 Å². The number of benzene rings is 1. The number of carbonyl (C=O) groups excluding carboxylic acids is 1. The van der Waals surface area contributed by atoms with Gasteiger partial charge in [-0.25, -0.2) is 21.6 Å². The van der Waals surface area contributed by atoms with E-state index in [2.05, 4.69) is 10.3 Å². The fraction of sp³-hybridized carbons (Fsp3) is 0.692. The molecule has 1 aromatic rings. The first-order valence-corrected chi connectivity index (χ1v) is 14.9. The first-order chi connectivity index (χ1) is 18.2. The van der Waals surface area contributed by atoms with Crippen LogP contribution in [-0.4, -0.2) is 59.3 Å². The van der Waals surface area contributed by atoms with E-state index in [4.69, 9.17) is 11.6 Å². The maximum Gasteiger partial charge on any atom is 0.389 e. The molecule has 1 N–H and O–H groups in total. The van der Waals surface area contributed by atoms with E-state index >= 15 is 0 Å². The molecule has 3 aliphatic carbocycles. The Labute approximate surface area is 234 Å². The molecule has 4 aliphatic rings. The molecule has 1 aromatic carbocycles. The maximum absolute atomic E-state index is 14.1. The number of carbonyl (C=O) groups is 1. The summed E-state index contributed by atoms with van der Waals surface area (Å²) in [6, 6.07) is 3.00. The van der Waals surface area contributed by atoms with Crippen LogP contribution in [0.5, 0.6) is 0 Å². The number of sulfonamides is 1. The highest BCUT2D eigenvalue weighted by Gasteiger charge is 2.75. The fourth-order valence-corrected chi connectivity index (χ4v) is 8.16. The molecule has 2 bridgehead atoms. The molecule has 0 aromatic heterocycles. The molecule has 40 heavy (non-hydrogen) atoms. The first kappa shape index (κ1) is 31.1. The molecule has 6 nitrogen and oxygen atoms in total. The molecule has 0 radical (unpaired) electrons. The van der Waals surface area contributed by atoms with Crippen molar-refractivity contribution < 1.29 is 39.6 Å². The van der Waals surface area contributed by atoms with Crippen LogP contribution in [0.25, 0.3) is 0 Å². The van der Waals surface area contributed by atoms with E-state index in [9.17, 15) is 39.6 Å². The predicted molar refractivity (Wildman–Crippen MR) is 138 cm³/mol. The van der Waals surface area contributed by atoms with Gasteiger partial charge < -0.3 is 5.32 Å². The van der Waals surface area contributed by atoms with Crippen molar-refractivity contribution in [3.05, 3.63) is 34.6 Å². The van der Waals surface area contributed by atoms with Gasteiger partial charge in [0.15, 0.2) is 5.78 Å². The van der Waals surface area contributed by atoms with Gasteiger partial charge in [0.05, 0.1) is 16.3 Å². The lowest BCUT2D eigenvalue weighted by Crippen LogP contribution is -2.78. The summed E-state index contributed by atoms with van der Waals surface area (Å²) < 4.78 is 107. The zero-order valence-corrected chi connectivity index (χ0v) is 23.9. The molecule has 1 heterocycles. The molecular formula is C26H32ClF6N3O3S. The smallest absolute Gasteiger partial charge is 0.366 e. The summed E-state index contributed by atoms with van der Waals surface area (Å²) in [6.07, 6.45) is -5.94. The van der Waals surface area contributed by atoms with Crippen molar-refractivity contribution in [3.63, 3.8) is 0 Å². The van der Waals surface area contributed by atoms with Gasteiger partial charge in [0.25, 0.3) is 0 Å². The van der Waals surface area contributed by atoms with Crippen molar-refractivity contribution in [2.75, 3.05) is 5.75 Å². The number of amidine groups is 1. The van der Waals surface area contributed by atoms with Crippen molar-refractivity contribution in [1.29, 1.82) is 0 Å². The first-order valence-electron chi connectivity index (χ1n) is 13.0. The van der Waals surface area contributed by atoms with Crippen molar-refractivity contribution in [2.24, 2.45) is 10.4 Å². The minimum atomic E-state index is -4.35. The van der Waals surface area contributed by atoms with E-state index in [1.54, 1.807) is 13.8 Å². The van der Waals surface area contributed by atoms with Crippen LogP contribution in [-0.2, 0) is 21.4 Å². The zero-order valence-electron chi connectivity index (χ0n) is 22.3. The lowest BCUT2D eigenvalue weighted by Gasteiger charge is -2.73. The summed E-state index contributed by atoms with van der Waals surface area (Å²) in [7, 11) is -4.19. The average molecular weight is 616 g/mol. The number of ketones is 1. The second-order valence-corrected chi connectivity index (χ2v) is 14.5. The third-order valence-electron chi connectivity index (χ3n) is 8.05. The van der Waals surface area contributed by atoms with Crippen molar-refractivity contribution >= 4 is 33.2 Å². The molecule has 0 saturated heterocycles. The summed E-state index contributed by atoms with van der Waals surface area (Å²) in [5, 5.41) is 3.09. The third-order valence-corrected chi connectivity index (χ3v) is 10.3. The highest BCUT2D eigenvalue weighted by Crippen LogP contribution is 2.71. The largest absolute Gasteiger partial charge is 0.389 e. The Hall–Kier alpha value is -1.86.